The third-order valence-electron chi connectivity index (χ3n) is 8.00. The highest BCUT2D eigenvalue weighted by Crippen LogP contribution is 2.61. The van der Waals surface area contributed by atoms with E-state index in [2.05, 4.69) is 19.2 Å². The number of carbonyl (C=O) groups is 1. The third-order valence-corrected chi connectivity index (χ3v) is 10.0. The van der Waals surface area contributed by atoms with Crippen molar-refractivity contribution in [2.75, 3.05) is 32.8 Å². The van der Waals surface area contributed by atoms with E-state index in [0.29, 0.717) is 61.2 Å². The summed E-state index contributed by atoms with van der Waals surface area (Å²) in [7, 11) is -3.65. The van der Waals surface area contributed by atoms with Crippen molar-refractivity contribution in [3.8, 4) is 0 Å². The molecule has 1 aliphatic heterocycles. The van der Waals surface area contributed by atoms with Gasteiger partial charge >= 0.3 is 0 Å². The van der Waals surface area contributed by atoms with E-state index >= 15 is 0 Å². The van der Waals surface area contributed by atoms with Gasteiger partial charge in [0.1, 0.15) is 0 Å². The second-order valence-electron chi connectivity index (χ2n) is 9.84. The summed E-state index contributed by atoms with van der Waals surface area (Å²) < 4.78 is 33.1. The Morgan fingerprint density at radius 2 is 1.90 bits per heavy atom. The third kappa shape index (κ3) is 3.69. The number of benzene rings is 1. The SMILES string of the molecule is Cc1cc(C(=O)NCC2CCC3CC2C3(C)C)cc(S(=O)(=O)N2CCOCC2)c1C. The van der Waals surface area contributed by atoms with E-state index in [1.54, 1.807) is 12.1 Å². The monoisotopic (exact) mass is 434 g/mol. The molecule has 5 rings (SSSR count). The Bertz CT molecular complexity index is 933. The van der Waals surface area contributed by atoms with Gasteiger partial charge in [-0.25, -0.2) is 8.42 Å². The summed E-state index contributed by atoms with van der Waals surface area (Å²) in [5.74, 6) is 1.84. The molecule has 3 atom stereocenters. The fraction of sp³-hybridized carbons (Fsp3) is 0.696. The first-order valence-corrected chi connectivity index (χ1v) is 12.5. The largest absolute Gasteiger partial charge is 0.379 e. The molecular formula is C23H34N2O4S. The summed E-state index contributed by atoms with van der Waals surface area (Å²) in [6.07, 6.45) is 3.69. The van der Waals surface area contributed by atoms with Crippen LogP contribution in [0.5, 0.6) is 0 Å². The van der Waals surface area contributed by atoms with Crippen LogP contribution in [-0.4, -0.2) is 51.5 Å². The van der Waals surface area contributed by atoms with E-state index in [1.807, 2.05) is 13.8 Å². The number of nitrogens with one attached hydrogen (secondary N) is 1. The highest BCUT2D eigenvalue weighted by atomic mass is 32.2. The van der Waals surface area contributed by atoms with Gasteiger partial charge in [0.15, 0.2) is 0 Å². The number of morpholine rings is 1. The van der Waals surface area contributed by atoms with Gasteiger partial charge in [0.25, 0.3) is 5.91 Å². The Kier molecular flexibility index (Phi) is 5.75. The van der Waals surface area contributed by atoms with Crippen LogP contribution in [-0.2, 0) is 14.8 Å². The number of aryl methyl sites for hydroxylation is 1. The molecule has 0 spiro atoms. The fourth-order valence-corrected chi connectivity index (χ4v) is 7.42. The second-order valence-corrected chi connectivity index (χ2v) is 11.7. The fourth-order valence-electron chi connectivity index (χ4n) is 5.68. The molecular weight excluding hydrogens is 400 g/mol. The molecule has 1 amide bonds. The molecule has 4 aliphatic rings. The number of sulfonamides is 1. The van der Waals surface area contributed by atoms with Crippen molar-refractivity contribution in [1.82, 2.24) is 9.62 Å². The maximum absolute atomic E-state index is 13.2. The van der Waals surface area contributed by atoms with Crippen molar-refractivity contribution < 1.29 is 17.9 Å². The van der Waals surface area contributed by atoms with Crippen LogP contribution in [0.4, 0.5) is 0 Å². The average molecular weight is 435 g/mol. The Labute approximate surface area is 180 Å². The zero-order valence-corrected chi connectivity index (χ0v) is 19.3. The number of rotatable bonds is 5. The molecule has 1 saturated heterocycles. The lowest BCUT2D eigenvalue weighted by Gasteiger charge is -2.60. The Morgan fingerprint density at radius 1 is 1.20 bits per heavy atom. The first-order valence-electron chi connectivity index (χ1n) is 11.1. The summed E-state index contributed by atoms with van der Waals surface area (Å²) in [5, 5.41) is 3.10. The second kappa shape index (κ2) is 7.92. The lowest BCUT2D eigenvalue weighted by molar-refractivity contribution is -0.103. The number of fused-ring (bicyclic) bond motifs is 2. The molecule has 3 aliphatic carbocycles. The van der Waals surface area contributed by atoms with Crippen LogP contribution in [0.2, 0.25) is 0 Å². The molecule has 3 unspecified atom stereocenters. The quantitative estimate of drug-likeness (QED) is 0.773. The molecule has 3 saturated carbocycles. The highest BCUT2D eigenvalue weighted by Gasteiger charge is 2.53. The summed E-state index contributed by atoms with van der Waals surface area (Å²) in [5.41, 5.74) is 2.32. The molecule has 4 fully saturated rings. The van der Waals surface area contributed by atoms with Crippen LogP contribution in [0.3, 0.4) is 0 Å². The first kappa shape index (κ1) is 21.8. The van der Waals surface area contributed by atoms with Gasteiger partial charge in [-0.3, -0.25) is 4.79 Å². The molecule has 7 heteroatoms. The molecule has 0 radical (unpaired) electrons. The van der Waals surface area contributed by atoms with Gasteiger partial charge in [0.05, 0.1) is 18.1 Å². The Balaban J connectivity index is 1.51. The zero-order valence-electron chi connectivity index (χ0n) is 18.5. The van der Waals surface area contributed by atoms with Crippen LogP contribution >= 0.6 is 0 Å². The van der Waals surface area contributed by atoms with Crippen LogP contribution in [0.25, 0.3) is 0 Å². The van der Waals surface area contributed by atoms with Crippen molar-refractivity contribution in [1.29, 1.82) is 0 Å². The van der Waals surface area contributed by atoms with Crippen LogP contribution in [0, 0.1) is 37.0 Å². The number of hydrogen-bond donors (Lipinski definition) is 1. The first-order chi connectivity index (χ1) is 14.1. The molecule has 0 aromatic heterocycles. The lowest BCUT2D eigenvalue weighted by Crippen LogP contribution is -2.54. The normalized spacial score (nSPS) is 28.6. The predicted octanol–water partition coefficient (Wildman–Crippen LogP) is 3.13. The predicted molar refractivity (Wildman–Crippen MR) is 116 cm³/mol. The van der Waals surface area contributed by atoms with Crippen LogP contribution in [0.15, 0.2) is 17.0 Å². The standard InChI is InChI=1S/C23H34N2O4S/c1-15-11-18(12-21(16(15)2)30(27,28)25-7-9-29-10-8-25)22(26)24-14-17-5-6-19-13-20(17)23(19,3)4/h11-12,17,19-20H,5-10,13-14H2,1-4H3,(H,24,26). The van der Waals surface area contributed by atoms with Crippen molar-refractivity contribution >= 4 is 15.9 Å². The van der Waals surface area contributed by atoms with E-state index in [4.69, 9.17) is 4.74 Å². The van der Waals surface area contributed by atoms with Crippen molar-refractivity contribution in [3.05, 3.63) is 28.8 Å². The summed E-state index contributed by atoms with van der Waals surface area (Å²) in [6.45, 7) is 10.5. The van der Waals surface area contributed by atoms with Gasteiger partial charge in [-0.2, -0.15) is 4.31 Å². The molecule has 1 heterocycles. The van der Waals surface area contributed by atoms with E-state index in [-0.39, 0.29) is 10.8 Å². The lowest BCUT2D eigenvalue weighted by atomic mass is 9.45. The topological polar surface area (TPSA) is 75.7 Å². The number of ether oxygens (including phenoxy) is 1. The minimum absolute atomic E-state index is 0.184. The van der Waals surface area contributed by atoms with Gasteiger partial charge < -0.3 is 10.1 Å². The molecule has 166 valence electrons. The molecule has 1 aromatic rings. The average Bonchev–Trinajstić information content (AvgIpc) is 2.74. The number of hydrogen-bond acceptors (Lipinski definition) is 4. The highest BCUT2D eigenvalue weighted by molar-refractivity contribution is 7.89. The van der Waals surface area contributed by atoms with Gasteiger partial charge in [-0.15, -0.1) is 0 Å². The Morgan fingerprint density at radius 3 is 2.53 bits per heavy atom. The maximum atomic E-state index is 13.2. The molecule has 1 aromatic carbocycles. The van der Waals surface area contributed by atoms with Crippen molar-refractivity contribution in [3.63, 3.8) is 0 Å². The van der Waals surface area contributed by atoms with Crippen molar-refractivity contribution in [2.24, 2.45) is 23.2 Å². The van der Waals surface area contributed by atoms with E-state index in [0.717, 1.165) is 11.5 Å². The van der Waals surface area contributed by atoms with E-state index < -0.39 is 10.0 Å². The number of amides is 1. The minimum atomic E-state index is -3.65. The summed E-state index contributed by atoms with van der Waals surface area (Å²) in [6, 6.07) is 3.35. The molecule has 30 heavy (non-hydrogen) atoms. The van der Waals surface area contributed by atoms with E-state index in [1.165, 1.54) is 23.6 Å². The van der Waals surface area contributed by atoms with Gasteiger partial charge in [0, 0.05) is 25.2 Å². The van der Waals surface area contributed by atoms with Gasteiger partial charge in [-0.1, -0.05) is 13.8 Å². The number of nitrogens with zero attached hydrogens (tertiary/aromatic N) is 1. The number of carbonyl (C=O) groups excluding carboxylic acids is 1. The van der Waals surface area contributed by atoms with Crippen molar-refractivity contribution in [2.45, 2.75) is 51.9 Å². The van der Waals surface area contributed by atoms with E-state index in [9.17, 15) is 13.2 Å². The summed E-state index contributed by atoms with van der Waals surface area (Å²) in [4.78, 5) is 13.2. The van der Waals surface area contributed by atoms with Gasteiger partial charge in [-0.05, 0) is 79.5 Å². The molecule has 6 nitrogen and oxygen atoms in total. The van der Waals surface area contributed by atoms with Gasteiger partial charge in [0.2, 0.25) is 10.0 Å². The van der Waals surface area contributed by atoms with Crippen LogP contribution in [0.1, 0.15) is 54.6 Å². The summed E-state index contributed by atoms with van der Waals surface area (Å²) >= 11 is 0. The van der Waals surface area contributed by atoms with Crippen LogP contribution < -0.4 is 5.32 Å². The smallest absolute Gasteiger partial charge is 0.251 e. The molecule has 2 bridgehead atoms. The maximum Gasteiger partial charge on any atom is 0.251 e. The minimum Gasteiger partial charge on any atom is -0.379 e. The molecule has 1 N–H and O–H groups in total. The Hall–Kier alpha value is -1.44. The zero-order chi connectivity index (χ0) is 21.7.